The maximum Gasteiger partial charge on any atom is 0.411 e. The molecule has 0 aliphatic carbocycles. The summed E-state index contributed by atoms with van der Waals surface area (Å²) in [6, 6.07) is -0.150. The Kier molecular flexibility index (Phi) is 6.55. The first-order chi connectivity index (χ1) is 6.85. The molecule has 0 fully saturated rings. The highest BCUT2D eigenvalue weighted by molar-refractivity contribution is 5.00. The van der Waals surface area contributed by atoms with Crippen LogP contribution in [0.2, 0.25) is 0 Å². The zero-order chi connectivity index (χ0) is 11.9. The fourth-order valence-corrected chi connectivity index (χ4v) is 1.02. The van der Waals surface area contributed by atoms with Crippen LogP contribution in [0.25, 0.3) is 0 Å². The fraction of sp³-hybridized carbons (Fsp3) is 0.778. The molecule has 0 aromatic heterocycles. The van der Waals surface area contributed by atoms with Crippen molar-refractivity contribution in [3.05, 3.63) is 11.6 Å². The Balaban J connectivity index is 3.69. The van der Waals surface area contributed by atoms with Crippen LogP contribution in [0.15, 0.2) is 11.6 Å². The molecule has 0 bridgehead atoms. The van der Waals surface area contributed by atoms with Crippen LogP contribution in [-0.2, 0) is 4.74 Å². The first-order valence-corrected chi connectivity index (χ1v) is 4.61. The van der Waals surface area contributed by atoms with Crippen LogP contribution in [0.4, 0.5) is 13.2 Å². The van der Waals surface area contributed by atoms with E-state index in [1.54, 1.807) is 0 Å². The number of alkyl halides is 3. The molecule has 0 saturated carbocycles. The molecule has 3 N–H and O–H groups in total. The first-order valence-electron chi connectivity index (χ1n) is 4.61. The normalized spacial score (nSPS) is 13.7. The third-order valence-electron chi connectivity index (χ3n) is 1.59. The zero-order valence-corrected chi connectivity index (χ0v) is 8.90. The highest BCUT2D eigenvalue weighted by atomic mass is 19.4. The van der Waals surface area contributed by atoms with Gasteiger partial charge in [0.2, 0.25) is 0 Å². The van der Waals surface area contributed by atoms with Gasteiger partial charge in [0.15, 0.2) is 0 Å². The lowest BCUT2D eigenvalue weighted by molar-refractivity contribution is -0.174. The minimum absolute atomic E-state index is 0.0259. The average molecular weight is 226 g/mol. The van der Waals surface area contributed by atoms with Gasteiger partial charge in [-0.25, -0.2) is 0 Å². The molecule has 0 rings (SSSR count). The van der Waals surface area contributed by atoms with E-state index in [1.165, 1.54) is 0 Å². The number of nitrogens with two attached hydrogens (primary N) is 1. The summed E-state index contributed by atoms with van der Waals surface area (Å²) in [7, 11) is 0. The van der Waals surface area contributed by atoms with Crippen LogP contribution < -0.4 is 11.3 Å². The van der Waals surface area contributed by atoms with Gasteiger partial charge >= 0.3 is 6.18 Å². The van der Waals surface area contributed by atoms with Gasteiger partial charge in [0.1, 0.15) is 6.61 Å². The van der Waals surface area contributed by atoms with Crippen LogP contribution in [-0.4, -0.2) is 25.4 Å². The Morgan fingerprint density at radius 1 is 1.47 bits per heavy atom. The minimum atomic E-state index is -4.26. The van der Waals surface area contributed by atoms with Crippen molar-refractivity contribution in [1.82, 2.24) is 5.43 Å². The minimum Gasteiger partial charge on any atom is -0.372 e. The quantitative estimate of drug-likeness (QED) is 0.314. The Labute approximate surface area is 87.4 Å². The van der Waals surface area contributed by atoms with Crippen molar-refractivity contribution in [2.75, 3.05) is 13.2 Å². The molecular formula is C9H17F3N2O. The molecular weight excluding hydrogens is 209 g/mol. The van der Waals surface area contributed by atoms with E-state index in [2.05, 4.69) is 10.2 Å². The first kappa shape index (κ1) is 14.4. The molecule has 0 heterocycles. The van der Waals surface area contributed by atoms with Gasteiger partial charge in [-0.3, -0.25) is 11.3 Å². The second-order valence-corrected chi connectivity index (χ2v) is 3.47. The van der Waals surface area contributed by atoms with Gasteiger partial charge in [-0.15, -0.1) is 0 Å². The molecule has 1 unspecified atom stereocenters. The molecule has 15 heavy (non-hydrogen) atoms. The van der Waals surface area contributed by atoms with Crippen molar-refractivity contribution in [1.29, 1.82) is 0 Å². The number of ether oxygens (including phenoxy) is 1. The Morgan fingerprint density at radius 3 is 2.47 bits per heavy atom. The predicted molar refractivity (Wildman–Crippen MR) is 52.0 cm³/mol. The molecule has 0 aromatic rings. The second kappa shape index (κ2) is 6.81. The smallest absolute Gasteiger partial charge is 0.372 e. The molecule has 1 atom stereocenters. The maximum atomic E-state index is 11.7. The van der Waals surface area contributed by atoms with E-state index in [0.717, 1.165) is 5.57 Å². The number of rotatable bonds is 6. The van der Waals surface area contributed by atoms with Gasteiger partial charge in [-0.1, -0.05) is 11.6 Å². The molecule has 0 saturated heterocycles. The number of halogens is 3. The highest BCUT2D eigenvalue weighted by Gasteiger charge is 2.27. The molecule has 0 aliphatic rings. The highest BCUT2D eigenvalue weighted by Crippen LogP contribution is 2.14. The van der Waals surface area contributed by atoms with Crippen molar-refractivity contribution >= 4 is 0 Å². The number of hydrogen-bond acceptors (Lipinski definition) is 3. The Bertz CT molecular complexity index is 200. The molecule has 0 radical (unpaired) electrons. The maximum absolute atomic E-state index is 11.7. The summed E-state index contributed by atoms with van der Waals surface area (Å²) in [5.41, 5.74) is 3.54. The van der Waals surface area contributed by atoms with Crippen LogP contribution in [0.3, 0.4) is 0 Å². The molecule has 3 nitrogen and oxygen atoms in total. The van der Waals surface area contributed by atoms with Crippen molar-refractivity contribution < 1.29 is 17.9 Å². The summed E-state index contributed by atoms with van der Waals surface area (Å²) >= 11 is 0. The van der Waals surface area contributed by atoms with E-state index in [-0.39, 0.29) is 12.6 Å². The average Bonchev–Trinajstić information content (AvgIpc) is 2.08. The molecule has 0 amide bonds. The third-order valence-corrected chi connectivity index (χ3v) is 1.59. The van der Waals surface area contributed by atoms with E-state index >= 15 is 0 Å². The molecule has 6 heteroatoms. The number of nitrogens with one attached hydrogen (secondary N) is 1. The lowest BCUT2D eigenvalue weighted by atomic mass is 10.1. The van der Waals surface area contributed by atoms with Crippen LogP contribution in [0.5, 0.6) is 0 Å². The van der Waals surface area contributed by atoms with Gasteiger partial charge in [0.05, 0.1) is 0 Å². The van der Waals surface area contributed by atoms with Gasteiger partial charge < -0.3 is 4.74 Å². The topological polar surface area (TPSA) is 47.3 Å². The van der Waals surface area contributed by atoms with Gasteiger partial charge in [-0.05, 0) is 20.3 Å². The van der Waals surface area contributed by atoms with Crippen molar-refractivity contribution in [2.45, 2.75) is 32.5 Å². The molecule has 0 spiro atoms. The fourth-order valence-electron chi connectivity index (χ4n) is 1.02. The molecule has 0 aromatic carbocycles. The van der Waals surface area contributed by atoms with E-state index < -0.39 is 12.8 Å². The zero-order valence-electron chi connectivity index (χ0n) is 8.90. The Hall–Kier alpha value is -0.590. The number of hydrogen-bond donors (Lipinski definition) is 2. The third kappa shape index (κ3) is 9.71. The van der Waals surface area contributed by atoms with E-state index in [1.807, 2.05) is 19.9 Å². The second-order valence-electron chi connectivity index (χ2n) is 3.47. The standard InChI is InChI=1S/C9H17F3N2O/c1-7(2)5-8(14-13)3-4-15-6-9(10,11)12/h5,8,14H,3-4,6,13H2,1-2H3. The number of hydrazine groups is 1. The summed E-state index contributed by atoms with van der Waals surface area (Å²) < 4.78 is 39.5. The lowest BCUT2D eigenvalue weighted by Gasteiger charge is -2.13. The number of allylic oxidation sites excluding steroid dienone is 1. The van der Waals surface area contributed by atoms with Gasteiger partial charge in [0, 0.05) is 12.6 Å². The summed E-state index contributed by atoms with van der Waals surface area (Å²) in [6.45, 7) is 2.60. The van der Waals surface area contributed by atoms with Crippen molar-refractivity contribution in [3.8, 4) is 0 Å². The summed E-state index contributed by atoms with van der Waals surface area (Å²) in [5, 5.41) is 0. The van der Waals surface area contributed by atoms with E-state index in [9.17, 15) is 13.2 Å². The predicted octanol–water partition coefficient (Wildman–Crippen LogP) is 1.75. The van der Waals surface area contributed by atoms with E-state index in [0.29, 0.717) is 6.42 Å². The SMILES string of the molecule is CC(C)=CC(CCOCC(F)(F)F)NN. The van der Waals surface area contributed by atoms with Crippen molar-refractivity contribution in [3.63, 3.8) is 0 Å². The van der Waals surface area contributed by atoms with Crippen molar-refractivity contribution in [2.24, 2.45) is 5.84 Å². The lowest BCUT2D eigenvalue weighted by Crippen LogP contribution is -2.35. The monoisotopic (exact) mass is 226 g/mol. The van der Waals surface area contributed by atoms with Crippen LogP contribution in [0.1, 0.15) is 20.3 Å². The molecule has 90 valence electrons. The van der Waals surface area contributed by atoms with Crippen LogP contribution in [0, 0.1) is 0 Å². The van der Waals surface area contributed by atoms with Crippen LogP contribution >= 0.6 is 0 Å². The summed E-state index contributed by atoms with van der Waals surface area (Å²) in [4.78, 5) is 0. The molecule has 0 aliphatic heterocycles. The van der Waals surface area contributed by atoms with E-state index in [4.69, 9.17) is 5.84 Å². The Morgan fingerprint density at radius 2 is 2.07 bits per heavy atom. The summed E-state index contributed by atoms with van der Waals surface area (Å²) in [6.07, 6.45) is -2.00. The summed E-state index contributed by atoms with van der Waals surface area (Å²) in [5.74, 6) is 5.22. The van der Waals surface area contributed by atoms with Gasteiger partial charge in [0.25, 0.3) is 0 Å². The largest absolute Gasteiger partial charge is 0.411 e. The van der Waals surface area contributed by atoms with Gasteiger partial charge in [-0.2, -0.15) is 13.2 Å².